The van der Waals surface area contributed by atoms with Crippen LogP contribution in [0.2, 0.25) is 0 Å². The average molecular weight is 371 g/mol. The fraction of sp³-hybridized carbons (Fsp3) is 0.696. The number of nitrogens with zero attached hydrogens (tertiary/aromatic N) is 1. The predicted octanol–water partition coefficient (Wildman–Crippen LogP) is 3.78. The van der Waals surface area contributed by atoms with Gasteiger partial charge < -0.3 is 10.2 Å². The first-order valence-electron chi connectivity index (χ1n) is 10.9. The second kappa shape index (κ2) is 6.88. The highest BCUT2D eigenvalue weighted by Gasteiger charge is 2.54. The SMILES string of the molecule is O=C(N[C@H]1CCN(CCc2cccc(F)c2)C1)C12CC3CC(CC(C3)C1)C2. The predicted molar refractivity (Wildman–Crippen MR) is 104 cm³/mol. The first kappa shape index (κ1) is 17.7. The molecule has 1 aromatic carbocycles. The van der Waals surface area contributed by atoms with Gasteiger partial charge >= 0.3 is 0 Å². The van der Waals surface area contributed by atoms with Gasteiger partial charge in [0.25, 0.3) is 0 Å². The highest BCUT2D eigenvalue weighted by molar-refractivity contribution is 5.83. The monoisotopic (exact) mass is 370 g/mol. The normalized spacial score (nSPS) is 37.7. The summed E-state index contributed by atoms with van der Waals surface area (Å²) in [6.45, 7) is 2.90. The molecule has 4 aliphatic carbocycles. The van der Waals surface area contributed by atoms with E-state index in [9.17, 15) is 9.18 Å². The van der Waals surface area contributed by atoms with E-state index in [2.05, 4.69) is 10.2 Å². The number of amides is 1. The van der Waals surface area contributed by atoms with Crippen molar-refractivity contribution in [2.24, 2.45) is 23.2 Å². The minimum absolute atomic E-state index is 0.0380. The van der Waals surface area contributed by atoms with Crippen molar-refractivity contribution in [2.75, 3.05) is 19.6 Å². The van der Waals surface area contributed by atoms with Gasteiger partial charge in [0.05, 0.1) is 0 Å². The Morgan fingerprint density at radius 1 is 1.15 bits per heavy atom. The topological polar surface area (TPSA) is 32.3 Å². The molecule has 6 rings (SSSR count). The zero-order valence-electron chi connectivity index (χ0n) is 16.1. The molecule has 1 saturated heterocycles. The second-order valence-electron chi connectivity index (χ2n) is 9.84. The van der Waals surface area contributed by atoms with Crippen LogP contribution in [-0.4, -0.2) is 36.5 Å². The average Bonchev–Trinajstić information content (AvgIpc) is 3.06. The maximum absolute atomic E-state index is 13.3. The lowest BCUT2D eigenvalue weighted by Gasteiger charge is -2.55. The van der Waals surface area contributed by atoms with Crippen LogP contribution >= 0.6 is 0 Å². The molecule has 1 amide bonds. The van der Waals surface area contributed by atoms with Crippen molar-refractivity contribution in [3.05, 3.63) is 35.6 Å². The van der Waals surface area contributed by atoms with Crippen LogP contribution in [0.15, 0.2) is 24.3 Å². The maximum Gasteiger partial charge on any atom is 0.226 e. The smallest absolute Gasteiger partial charge is 0.226 e. The van der Waals surface area contributed by atoms with Gasteiger partial charge in [-0.3, -0.25) is 4.79 Å². The highest BCUT2D eigenvalue weighted by Crippen LogP contribution is 2.60. The Kier molecular flexibility index (Phi) is 4.50. The molecule has 5 fully saturated rings. The van der Waals surface area contributed by atoms with E-state index in [1.165, 1.54) is 25.3 Å². The Morgan fingerprint density at radius 3 is 2.52 bits per heavy atom. The van der Waals surface area contributed by atoms with Crippen molar-refractivity contribution in [2.45, 2.75) is 57.4 Å². The van der Waals surface area contributed by atoms with Gasteiger partial charge in [-0.25, -0.2) is 4.39 Å². The summed E-state index contributed by atoms with van der Waals surface area (Å²) in [6.07, 6.45) is 9.47. The molecule has 1 N–H and O–H groups in total. The van der Waals surface area contributed by atoms with Crippen molar-refractivity contribution >= 4 is 5.91 Å². The first-order chi connectivity index (χ1) is 13.1. The van der Waals surface area contributed by atoms with Crippen molar-refractivity contribution in [3.8, 4) is 0 Å². The summed E-state index contributed by atoms with van der Waals surface area (Å²) >= 11 is 0. The van der Waals surface area contributed by atoms with Crippen molar-refractivity contribution in [3.63, 3.8) is 0 Å². The van der Waals surface area contributed by atoms with Gasteiger partial charge in [0, 0.05) is 31.1 Å². The van der Waals surface area contributed by atoms with Crippen molar-refractivity contribution in [1.29, 1.82) is 0 Å². The molecule has 4 heteroatoms. The molecule has 0 aromatic heterocycles. The summed E-state index contributed by atoms with van der Waals surface area (Å²) in [5.74, 6) is 2.64. The lowest BCUT2D eigenvalue weighted by atomic mass is 9.49. The molecule has 0 spiro atoms. The number of likely N-dealkylation sites (tertiary alicyclic amines) is 1. The standard InChI is InChI=1S/C23H31FN2O/c24-20-3-1-2-16(11-20)4-6-26-7-5-21(15-26)25-22(27)23-12-17-8-18(13-23)10-19(9-17)14-23/h1-3,11,17-19,21H,4-10,12-15H2,(H,25,27)/t17?,18?,19?,21-,23?/m0/s1. The third-order valence-corrected chi connectivity index (χ3v) is 7.73. The Balaban J connectivity index is 1.14. The van der Waals surface area contributed by atoms with E-state index in [0.29, 0.717) is 5.91 Å². The van der Waals surface area contributed by atoms with Gasteiger partial charge in [-0.05, 0) is 86.8 Å². The van der Waals surface area contributed by atoms with Crippen LogP contribution in [0, 0.1) is 29.0 Å². The van der Waals surface area contributed by atoms with Crippen molar-refractivity contribution in [1.82, 2.24) is 10.2 Å². The molecule has 1 heterocycles. The quantitative estimate of drug-likeness (QED) is 0.856. The van der Waals surface area contributed by atoms with Crippen molar-refractivity contribution < 1.29 is 9.18 Å². The molecule has 1 aromatic rings. The Labute approximate surface area is 161 Å². The van der Waals surface area contributed by atoms with Crippen LogP contribution in [0.4, 0.5) is 4.39 Å². The number of carbonyl (C=O) groups is 1. The number of nitrogens with one attached hydrogen (secondary N) is 1. The third kappa shape index (κ3) is 3.53. The number of benzene rings is 1. The fourth-order valence-electron chi connectivity index (χ4n) is 6.86. The molecule has 0 unspecified atom stereocenters. The Bertz CT molecular complexity index is 683. The zero-order valence-corrected chi connectivity index (χ0v) is 16.1. The van der Waals surface area contributed by atoms with Gasteiger partial charge in [-0.2, -0.15) is 0 Å². The Morgan fingerprint density at radius 2 is 1.85 bits per heavy atom. The van der Waals surface area contributed by atoms with Crippen LogP contribution < -0.4 is 5.32 Å². The summed E-state index contributed by atoms with van der Waals surface area (Å²) in [5, 5.41) is 3.43. The lowest BCUT2D eigenvalue weighted by Crippen LogP contribution is -2.55. The molecule has 1 atom stereocenters. The minimum atomic E-state index is -0.158. The molecule has 4 saturated carbocycles. The molecule has 0 radical (unpaired) electrons. The third-order valence-electron chi connectivity index (χ3n) is 7.73. The summed E-state index contributed by atoms with van der Waals surface area (Å²) in [7, 11) is 0. The van der Waals surface area contributed by atoms with E-state index < -0.39 is 0 Å². The zero-order chi connectivity index (χ0) is 18.4. The van der Waals surface area contributed by atoms with E-state index in [-0.39, 0.29) is 17.3 Å². The molecular formula is C23H31FN2O. The minimum Gasteiger partial charge on any atom is -0.352 e. The van der Waals surface area contributed by atoms with Gasteiger partial charge in [0.15, 0.2) is 0 Å². The van der Waals surface area contributed by atoms with Crippen LogP contribution in [0.1, 0.15) is 50.5 Å². The van der Waals surface area contributed by atoms with Gasteiger partial charge in [-0.1, -0.05) is 12.1 Å². The molecule has 146 valence electrons. The van der Waals surface area contributed by atoms with E-state index in [1.54, 1.807) is 12.1 Å². The molecular weight excluding hydrogens is 339 g/mol. The number of halogens is 1. The Hall–Kier alpha value is -1.42. The maximum atomic E-state index is 13.3. The number of rotatable bonds is 5. The summed E-state index contributed by atoms with van der Waals surface area (Å²) in [6, 6.07) is 7.19. The largest absolute Gasteiger partial charge is 0.352 e. The van der Waals surface area contributed by atoms with E-state index >= 15 is 0 Å². The molecule has 4 bridgehead atoms. The van der Waals surface area contributed by atoms with E-state index in [0.717, 1.165) is 75.1 Å². The lowest BCUT2D eigenvalue weighted by molar-refractivity contribution is -0.146. The van der Waals surface area contributed by atoms with Gasteiger partial charge in [-0.15, -0.1) is 0 Å². The van der Waals surface area contributed by atoms with Crippen LogP contribution in [0.25, 0.3) is 0 Å². The molecule has 1 aliphatic heterocycles. The molecule has 3 nitrogen and oxygen atoms in total. The first-order valence-corrected chi connectivity index (χ1v) is 10.9. The fourth-order valence-corrected chi connectivity index (χ4v) is 6.86. The van der Waals surface area contributed by atoms with E-state index in [4.69, 9.17) is 0 Å². The number of hydrogen-bond donors (Lipinski definition) is 1. The van der Waals surface area contributed by atoms with E-state index in [1.807, 2.05) is 6.07 Å². The number of hydrogen-bond acceptors (Lipinski definition) is 2. The number of carbonyl (C=O) groups excluding carboxylic acids is 1. The van der Waals surface area contributed by atoms with Crippen LogP contribution in [0.5, 0.6) is 0 Å². The molecule has 27 heavy (non-hydrogen) atoms. The highest BCUT2D eigenvalue weighted by atomic mass is 19.1. The van der Waals surface area contributed by atoms with Crippen LogP contribution in [0.3, 0.4) is 0 Å². The summed E-state index contributed by atoms with van der Waals surface area (Å²) < 4.78 is 13.3. The second-order valence-corrected chi connectivity index (χ2v) is 9.84. The molecule has 5 aliphatic rings. The van der Waals surface area contributed by atoms with Gasteiger partial charge in [0.1, 0.15) is 5.82 Å². The summed E-state index contributed by atoms with van der Waals surface area (Å²) in [4.78, 5) is 15.6. The summed E-state index contributed by atoms with van der Waals surface area (Å²) in [5.41, 5.74) is 1.01. The van der Waals surface area contributed by atoms with Crippen LogP contribution in [-0.2, 0) is 11.2 Å². The van der Waals surface area contributed by atoms with Gasteiger partial charge in [0.2, 0.25) is 5.91 Å².